The number of carbonyl (C=O) groups excluding carboxylic acids is 1. The van der Waals surface area contributed by atoms with Crippen molar-refractivity contribution in [1.29, 1.82) is 0 Å². The maximum Gasteiger partial charge on any atom is 0.418 e. The number of nitrogens with one attached hydrogen (secondary N) is 1. The number of hydrogen-bond acceptors (Lipinski definition) is 1. The van der Waals surface area contributed by atoms with Crippen LogP contribution in [-0.4, -0.2) is 17.9 Å². The van der Waals surface area contributed by atoms with Crippen LogP contribution in [0.5, 0.6) is 0 Å². The van der Waals surface area contributed by atoms with Crippen molar-refractivity contribution in [1.82, 2.24) is 4.98 Å². The van der Waals surface area contributed by atoms with E-state index in [1.54, 1.807) is 37.4 Å². The molecule has 0 unspecified atom stereocenters. The molecule has 3 rings (SSSR count). The summed E-state index contributed by atoms with van der Waals surface area (Å²) in [5, 5.41) is 0.352. The van der Waals surface area contributed by atoms with Crippen LogP contribution >= 0.6 is 0 Å². The molecule has 0 fully saturated rings. The standard InChI is InChI=1S/C17H13F3N2O/c1-22(12-7-3-2-4-8-12)16(23)14-10-11-6-5-9-13(15(11)21-14)17(18,19)20/h2-10,21H,1H3. The lowest BCUT2D eigenvalue weighted by molar-refractivity contribution is -0.136. The number of aromatic amines is 1. The Labute approximate surface area is 130 Å². The van der Waals surface area contributed by atoms with Crippen LogP contribution in [0.3, 0.4) is 0 Å². The Hall–Kier alpha value is -2.76. The molecule has 1 aromatic heterocycles. The van der Waals surface area contributed by atoms with Gasteiger partial charge in [0.1, 0.15) is 5.69 Å². The Bertz CT molecular complexity index is 853. The summed E-state index contributed by atoms with van der Waals surface area (Å²) in [6.07, 6.45) is -4.48. The second kappa shape index (κ2) is 5.46. The van der Waals surface area contributed by atoms with E-state index in [9.17, 15) is 18.0 Å². The lowest BCUT2D eigenvalue weighted by Crippen LogP contribution is -2.26. The number of hydrogen-bond donors (Lipinski definition) is 1. The van der Waals surface area contributed by atoms with Gasteiger partial charge in [-0.05, 0) is 24.3 Å². The van der Waals surface area contributed by atoms with Gasteiger partial charge in [-0.3, -0.25) is 4.79 Å². The van der Waals surface area contributed by atoms with Crippen molar-refractivity contribution in [3.8, 4) is 0 Å². The Morgan fingerprint density at radius 1 is 1.04 bits per heavy atom. The molecular weight excluding hydrogens is 305 g/mol. The molecule has 0 aliphatic rings. The number of halogens is 3. The number of aromatic nitrogens is 1. The molecule has 118 valence electrons. The fourth-order valence-corrected chi connectivity index (χ4v) is 2.46. The Morgan fingerprint density at radius 2 is 1.74 bits per heavy atom. The number of benzene rings is 2. The van der Waals surface area contributed by atoms with Gasteiger partial charge < -0.3 is 9.88 Å². The summed E-state index contributed by atoms with van der Waals surface area (Å²) in [4.78, 5) is 16.5. The quantitative estimate of drug-likeness (QED) is 0.744. The van der Waals surface area contributed by atoms with Crippen LogP contribution in [0.2, 0.25) is 0 Å². The third-order valence-electron chi connectivity index (χ3n) is 3.64. The lowest BCUT2D eigenvalue weighted by atomic mass is 10.1. The first-order chi connectivity index (χ1) is 10.9. The summed E-state index contributed by atoms with van der Waals surface area (Å²) in [5.41, 5.74) is -0.0866. The third-order valence-corrected chi connectivity index (χ3v) is 3.64. The van der Waals surface area contributed by atoms with Crippen molar-refractivity contribution in [3.05, 3.63) is 65.9 Å². The number of para-hydroxylation sites is 2. The summed E-state index contributed by atoms with van der Waals surface area (Å²) < 4.78 is 39.1. The molecule has 6 heteroatoms. The molecular formula is C17H13F3N2O. The van der Waals surface area contributed by atoms with Crippen LogP contribution in [0.4, 0.5) is 18.9 Å². The van der Waals surface area contributed by atoms with Crippen molar-refractivity contribution in [2.24, 2.45) is 0 Å². The van der Waals surface area contributed by atoms with Crippen molar-refractivity contribution < 1.29 is 18.0 Å². The molecule has 1 amide bonds. The molecule has 0 saturated heterocycles. The molecule has 1 N–H and O–H groups in total. The van der Waals surface area contributed by atoms with E-state index in [4.69, 9.17) is 0 Å². The first kappa shape index (κ1) is 15.1. The summed E-state index contributed by atoms with van der Waals surface area (Å²) in [5.74, 6) is -0.402. The number of amides is 1. The van der Waals surface area contributed by atoms with Crippen LogP contribution in [-0.2, 0) is 6.18 Å². The van der Waals surface area contributed by atoms with Crippen LogP contribution in [0.1, 0.15) is 16.1 Å². The normalized spacial score (nSPS) is 11.7. The number of rotatable bonds is 2. The highest BCUT2D eigenvalue weighted by Crippen LogP contribution is 2.34. The number of fused-ring (bicyclic) bond motifs is 1. The minimum atomic E-state index is -4.48. The van der Waals surface area contributed by atoms with Gasteiger partial charge in [0, 0.05) is 18.1 Å². The Morgan fingerprint density at radius 3 is 2.39 bits per heavy atom. The van der Waals surface area contributed by atoms with Gasteiger partial charge in [-0.2, -0.15) is 13.2 Å². The first-order valence-corrected chi connectivity index (χ1v) is 6.90. The average Bonchev–Trinajstić information content (AvgIpc) is 2.97. The van der Waals surface area contributed by atoms with E-state index in [0.29, 0.717) is 11.1 Å². The fraction of sp³-hybridized carbons (Fsp3) is 0.118. The first-order valence-electron chi connectivity index (χ1n) is 6.90. The summed E-state index contributed by atoms with van der Waals surface area (Å²) in [7, 11) is 1.58. The molecule has 0 aliphatic heterocycles. The van der Waals surface area contributed by atoms with Gasteiger partial charge in [-0.1, -0.05) is 30.3 Å². The number of H-pyrrole nitrogens is 1. The van der Waals surface area contributed by atoms with Gasteiger partial charge >= 0.3 is 6.18 Å². The summed E-state index contributed by atoms with van der Waals surface area (Å²) in [6, 6.07) is 14.2. The zero-order chi connectivity index (χ0) is 16.6. The predicted molar refractivity (Wildman–Crippen MR) is 82.5 cm³/mol. The largest absolute Gasteiger partial charge is 0.418 e. The second-order valence-corrected chi connectivity index (χ2v) is 5.15. The molecule has 0 radical (unpaired) electrons. The molecule has 3 nitrogen and oxygen atoms in total. The number of alkyl halides is 3. The molecule has 3 aromatic rings. The zero-order valence-electron chi connectivity index (χ0n) is 12.2. The number of anilines is 1. The van der Waals surface area contributed by atoms with E-state index in [1.807, 2.05) is 6.07 Å². The monoisotopic (exact) mass is 318 g/mol. The highest BCUT2D eigenvalue weighted by atomic mass is 19.4. The zero-order valence-corrected chi connectivity index (χ0v) is 12.2. The summed E-state index contributed by atoms with van der Waals surface area (Å²) in [6.45, 7) is 0. The second-order valence-electron chi connectivity index (χ2n) is 5.15. The molecule has 0 spiro atoms. The van der Waals surface area contributed by atoms with Crippen molar-refractivity contribution in [2.75, 3.05) is 11.9 Å². The fourth-order valence-electron chi connectivity index (χ4n) is 2.46. The minimum Gasteiger partial charge on any atom is -0.350 e. The topological polar surface area (TPSA) is 36.1 Å². The molecule has 1 heterocycles. The van der Waals surface area contributed by atoms with Crippen LogP contribution in [0.15, 0.2) is 54.6 Å². The van der Waals surface area contributed by atoms with Crippen molar-refractivity contribution in [2.45, 2.75) is 6.18 Å². The van der Waals surface area contributed by atoms with E-state index >= 15 is 0 Å². The SMILES string of the molecule is CN(C(=O)c1cc2cccc(C(F)(F)F)c2[nH]1)c1ccccc1. The Balaban J connectivity index is 2.03. The maximum absolute atomic E-state index is 13.0. The maximum atomic E-state index is 13.0. The van der Waals surface area contributed by atoms with Gasteiger partial charge in [-0.25, -0.2) is 0 Å². The van der Waals surface area contributed by atoms with Gasteiger partial charge in [0.05, 0.1) is 11.1 Å². The molecule has 23 heavy (non-hydrogen) atoms. The van der Waals surface area contributed by atoms with Crippen LogP contribution < -0.4 is 4.90 Å². The molecule has 0 aliphatic carbocycles. The summed E-state index contributed by atoms with van der Waals surface area (Å²) >= 11 is 0. The number of nitrogens with zero attached hydrogens (tertiary/aromatic N) is 1. The molecule has 0 atom stereocenters. The minimum absolute atomic E-state index is 0.0789. The molecule has 2 aromatic carbocycles. The van der Waals surface area contributed by atoms with Crippen LogP contribution in [0, 0.1) is 0 Å². The van der Waals surface area contributed by atoms with E-state index in [0.717, 1.165) is 6.07 Å². The van der Waals surface area contributed by atoms with Gasteiger partial charge in [0.15, 0.2) is 0 Å². The van der Waals surface area contributed by atoms with Crippen molar-refractivity contribution in [3.63, 3.8) is 0 Å². The smallest absolute Gasteiger partial charge is 0.350 e. The van der Waals surface area contributed by atoms with Crippen LogP contribution in [0.25, 0.3) is 10.9 Å². The van der Waals surface area contributed by atoms with E-state index in [1.165, 1.54) is 17.0 Å². The highest BCUT2D eigenvalue weighted by molar-refractivity contribution is 6.07. The highest BCUT2D eigenvalue weighted by Gasteiger charge is 2.33. The average molecular weight is 318 g/mol. The van der Waals surface area contributed by atoms with Gasteiger partial charge in [-0.15, -0.1) is 0 Å². The van der Waals surface area contributed by atoms with E-state index in [-0.39, 0.29) is 11.2 Å². The lowest BCUT2D eigenvalue weighted by Gasteiger charge is -2.16. The van der Waals surface area contributed by atoms with E-state index < -0.39 is 17.6 Å². The van der Waals surface area contributed by atoms with E-state index in [2.05, 4.69) is 4.98 Å². The number of carbonyl (C=O) groups is 1. The Kier molecular flexibility index (Phi) is 3.60. The molecule has 0 bridgehead atoms. The predicted octanol–water partition coefficient (Wildman–Crippen LogP) is 4.46. The van der Waals surface area contributed by atoms with Crippen molar-refractivity contribution >= 4 is 22.5 Å². The third kappa shape index (κ3) is 2.79. The van der Waals surface area contributed by atoms with Gasteiger partial charge in [0.25, 0.3) is 5.91 Å². The molecule has 0 saturated carbocycles. The van der Waals surface area contributed by atoms with Gasteiger partial charge in [0.2, 0.25) is 0 Å².